The van der Waals surface area contributed by atoms with Gasteiger partial charge in [0.15, 0.2) is 0 Å². The number of hydrogen-bond donors (Lipinski definition) is 0. The molecule has 16 nitrogen and oxygen atoms in total. The van der Waals surface area contributed by atoms with Crippen LogP contribution in [0.4, 0.5) is 0 Å². The number of carbonyl (C=O) groups is 6. The van der Waals surface area contributed by atoms with Gasteiger partial charge in [-0.25, -0.2) is 28.8 Å². The topological polar surface area (TPSA) is 195 Å². The van der Waals surface area contributed by atoms with Gasteiger partial charge in [-0.15, -0.1) is 0 Å². The summed E-state index contributed by atoms with van der Waals surface area (Å²) in [7, 11) is 2.50. The molecule has 8 bridgehead atoms. The second-order valence-corrected chi connectivity index (χ2v) is 25.9. The Morgan fingerprint density at radius 2 is 0.500 bits per heavy atom. The molecule has 0 amide bonds. The first-order chi connectivity index (χ1) is 48.8. The molecule has 0 saturated carbocycles. The minimum Gasteiger partial charge on any atom is -0.493 e. The van der Waals surface area contributed by atoms with E-state index in [0.717, 1.165) is 242 Å². The van der Waals surface area contributed by atoms with Crippen molar-refractivity contribution in [2.24, 2.45) is 0 Å². The van der Waals surface area contributed by atoms with Crippen LogP contribution in [0.5, 0.6) is 23.0 Å². The Labute approximate surface area is 597 Å². The van der Waals surface area contributed by atoms with E-state index in [1.54, 1.807) is 0 Å². The third-order valence-corrected chi connectivity index (χ3v) is 17.6. The number of methoxy groups -OCH3 is 2. The van der Waals surface area contributed by atoms with Gasteiger partial charge in [0, 0.05) is 62.1 Å². The lowest BCUT2D eigenvalue weighted by Crippen LogP contribution is -2.13. The van der Waals surface area contributed by atoms with Crippen molar-refractivity contribution >= 4 is 35.8 Å². The number of esters is 6. The van der Waals surface area contributed by atoms with Crippen LogP contribution in [0, 0.1) is 0 Å². The van der Waals surface area contributed by atoms with Gasteiger partial charge in [-0.1, -0.05) is 192 Å². The number of hydrogen-bond acceptors (Lipinski definition) is 16. The molecule has 100 heavy (non-hydrogen) atoms. The molecule has 0 fully saturated rings. The molecule has 0 aliphatic heterocycles. The van der Waals surface area contributed by atoms with Crippen molar-refractivity contribution in [2.45, 2.75) is 233 Å². The highest BCUT2D eigenvalue weighted by molar-refractivity contribution is 5.92. The maximum Gasteiger partial charge on any atom is 0.331 e. The summed E-state index contributed by atoms with van der Waals surface area (Å²) in [5, 5.41) is 0. The third kappa shape index (κ3) is 31.6. The average Bonchev–Trinajstić information content (AvgIpc) is 0.776. The van der Waals surface area contributed by atoms with E-state index in [1.807, 2.05) is 0 Å². The lowest BCUT2D eigenvalue weighted by atomic mass is 9.87. The summed E-state index contributed by atoms with van der Waals surface area (Å²) in [5.41, 5.74) is 11.9. The highest BCUT2D eigenvalue weighted by atomic mass is 16.6. The second-order valence-electron chi connectivity index (χ2n) is 25.9. The van der Waals surface area contributed by atoms with Gasteiger partial charge in [0.2, 0.25) is 0 Å². The van der Waals surface area contributed by atoms with Crippen molar-refractivity contribution in [1.82, 2.24) is 0 Å². The van der Waals surface area contributed by atoms with Gasteiger partial charge in [-0.3, -0.25) is 0 Å². The lowest BCUT2D eigenvalue weighted by Gasteiger charge is -2.25. The van der Waals surface area contributed by atoms with Crippen LogP contribution in [0.25, 0.3) is 0 Å². The number of ether oxygens (including phenoxy) is 10. The van der Waals surface area contributed by atoms with E-state index in [2.05, 4.69) is 89.4 Å². The first-order valence-corrected chi connectivity index (χ1v) is 37.3. The van der Waals surface area contributed by atoms with Crippen LogP contribution in [-0.2, 0) is 109 Å². The van der Waals surface area contributed by atoms with Crippen molar-refractivity contribution in [3.63, 3.8) is 0 Å². The Kier molecular flexibility index (Phi) is 40.8. The number of fused-ring (bicyclic) bond motifs is 8. The van der Waals surface area contributed by atoms with E-state index in [4.69, 9.17) is 47.4 Å². The minimum atomic E-state index is -0.652. The Hall–Kier alpha value is -8.14. The molecule has 4 aromatic carbocycles. The van der Waals surface area contributed by atoms with Crippen molar-refractivity contribution in [3.8, 4) is 23.0 Å². The van der Waals surface area contributed by atoms with Gasteiger partial charge < -0.3 is 47.4 Å². The molecule has 16 heteroatoms. The molecule has 548 valence electrons. The smallest absolute Gasteiger partial charge is 0.331 e. The zero-order valence-electron chi connectivity index (χ0n) is 61.3. The molecular weight excluding hydrogens is 1260 g/mol. The Bertz CT molecular complexity index is 2930. The fraction of sp³-hybridized carbons (Fsp3) is 0.548. The van der Waals surface area contributed by atoms with Gasteiger partial charge in [0.05, 0.1) is 67.1 Å². The molecule has 0 aromatic heterocycles. The summed E-state index contributed by atoms with van der Waals surface area (Å²) in [6.45, 7) is 18.7. The van der Waals surface area contributed by atoms with Crippen LogP contribution in [0.15, 0.2) is 98.1 Å². The van der Waals surface area contributed by atoms with E-state index in [9.17, 15) is 28.8 Å². The molecule has 1 aliphatic carbocycles. The molecule has 0 radical (unpaired) electrons. The monoisotopic (exact) mass is 1380 g/mol. The molecule has 0 atom stereocenters. The van der Waals surface area contributed by atoms with Crippen molar-refractivity contribution in [3.05, 3.63) is 165 Å². The van der Waals surface area contributed by atoms with E-state index >= 15 is 0 Å². The largest absolute Gasteiger partial charge is 0.493 e. The zero-order valence-corrected chi connectivity index (χ0v) is 61.3. The van der Waals surface area contributed by atoms with Crippen molar-refractivity contribution in [2.75, 3.05) is 67.1 Å². The molecule has 0 N–H and O–H groups in total. The Morgan fingerprint density at radius 3 is 0.710 bits per heavy atom. The van der Waals surface area contributed by atoms with Gasteiger partial charge in [-0.2, -0.15) is 0 Å². The maximum absolute atomic E-state index is 12.9. The predicted molar refractivity (Wildman–Crippen MR) is 394 cm³/mol. The highest BCUT2D eigenvalue weighted by Crippen LogP contribution is 2.42. The lowest BCUT2D eigenvalue weighted by molar-refractivity contribution is -0.139. The molecule has 0 heterocycles. The third-order valence-electron chi connectivity index (χ3n) is 17.6. The average molecular weight is 1380 g/mol. The Morgan fingerprint density at radius 1 is 0.290 bits per heavy atom. The molecular formula is C84H116O16. The van der Waals surface area contributed by atoms with E-state index in [-0.39, 0.29) is 26.4 Å². The normalized spacial score (nSPS) is 11.8. The SMILES string of the molecule is C=CC(=O)OCCCc1cc2c(OCCCCCCC)c(c1)Cc1cc(CCCOC(=O)/C=C\C(=O)OC)cc(c1OCCCCCCC)Cc1cc(CCCOC(=O)C=C)cc(c1OCCCCCCC)Cc1cc(CCCOC(=O)/C=C\C(=O)OC)cc(c1OCCCCCCC)C2. The van der Waals surface area contributed by atoms with Crippen LogP contribution in [0.2, 0.25) is 0 Å². The standard InChI is InChI=1S/C84H116O16/c1-9-15-19-23-27-43-97-81-67-51-63(35-31-47-93-75(85)13-5)52-68(81)60-72-56-66(38-34-50-96-80(90)42-40-78(88)92-8)58-74(84(72)100-46-30-26-22-18-12-4)62-70-54-64(36-32-48-94-76(86)14-6)53-69(82(70)98-44-28-24-20-16-10-2)61-73-57-65(37-33-49-95-79(89)41-39-77(87)91-7)55-71(59-67)83(73)99-45-29-25-21-17-11-3/h13-14,39-42,51-58H,5-6,9-12,15-38,43-50,59-62H2,1-4,7-8H3/b41-39-,42-40-. The van der Waals surface area contributed by atoms with E-state index in [0.29, 0.717) is 103 Å². The van der Waals surface area contributed by atoms with Crippen LogP contribution < -0.4 is 18.9 Å². The molecule has 0 saturated heterocycles. The summed E-state index contributed by atoms with van der Waals surface area (Å²) >= 11 is 0. The summed E-state index contributed by atoms with van der Waals surface area (Å²) < 4.78 is 60.9. The quantitative estimate of drug-likeness (QED) is 0.0154. The van der Waals surface area contributed by atoms with E-state index < -0.39 is 35.8 Å². The van der Waals surface area contributed by atoms with Gasteiger partial charge >= 0.3 is 35.8 Å². The fourth-order valence-corrected chi connectivity index (χ4v) is 12.4. The van der Waals surface area contributed by atoms with Crippen LogP contribution in [0.1, 0.15) is 249 Å². The predicted octanol–water partition coefficient (Wildman–Crippen LogP) is 17.5. The zero-order chi connectivity index (χ0) is 72.0. The minimum absolute atomic E-state index is 0.106. The first-order valence-electron chi connectivity index (χ1n) is 37.3. The van der Waals surface area contributed by atoms with Gasteiger partial charge in [0.25, 0.3) is 0 Å². The van der Waals surface area contributed by atoms with Crippen molar-refractivity contribution in [1.29, 1.82) is 0 Å². The summed E-state index contributed by atoms with van der Waals surface area (Å²) in [5.74, 6) is -0.364. The Balaban J connectivity index is 1.92. The maximum atomic E-state index is 12.9. The number of unbranched alkanes of at least 4 members (excludes halogenated alkanes) is 16. The van der Waals surface area contributed by atoms with Gasteiger partial charge in [0.1, 0.15) is 23.0 Å². The molecule has 4 aromatic rings. The summed E-state index contributed by atoms with van der Waals surface area (Å²) in [6.07, 6.45) is 33.7. The van der Waals surface area contributed by atoms with Crippen LogP contribution >= 0.6 is 0 Å². The molecule has 5 rings (SSSR count). The fourth-order valence-electron chi connectivity index (χ4n) is 12.4. The van der Waals surface area contributed by atoms with Crippen molar-refractivity contribution < 1.29 is 76.1 Å². The molecule has 1 aliphatic rings. The summed E-state index contributed by atoms with van der Waals surface area (Å²) in [6, 6.07) is 18.0. The first kappa shape index (κ1) is 82.5. The van der Waals surface area contributed by atoms with E-state index in [1.165, 1.54) is 26.4 Å². The number of benzene rings is 4. The van der Waals surface area contributed by atoms with Crippen LogP contribution in [-0.4, -0.2) is 103 Å². The van der Waals surface area contributed by atoms with Gasteiger partial charge in [-0.05, 0) is 144 Å². The molecule has 0 spiro atoms. The number of carbonyl (C=O) groups excluding carboxylic acids is 6. The number of aryl methyl sites for hydroxylation is 4. The second kappa shape index (κ2) is 49.4. The highest BCUT2D eigenvalue weighted by Gasteiger charge is 2.26. The van der Waals surface area contributed by atoms with Crippen LogP contribution in [0.3, 0.4) is 0 Å². The summed E-state index contributed by atoms with van der Waals surface area (Å²) in [4.78, 5) is 74.3. The molecule has 0 unspecified atom stereocenters. The number of rotatable bonds is 50.